The van der Waals surface area contributed by atoms with Gasteiger partial charge in [0.15, 0.2) is 0 Å². The van der Waals surface area contributed by atoms with Crippen molar-refractivity contribution in [2.45, 2.75) is 32.2 Å². The molecule has 1 atom stereocenters. The molecule has 3 aromatic rings. The van der Waals surface area contributed by atoms with Gasteiger partial charge in [0.05, 0.1) is 6.20 Å². The van der Waals surface area contributed by atoms with Crippen LogP contribution in [0.25, 0.3) is 0 Å². The normalized spacial score (nSPS) is 17.2. The average Bonchev–Trinajstić information content (AvgIpc) is 3.26. The maximum Gasteiger partial charge on any atom is 0.217 e. The summed E-state index contributed by atoms with van der Waals surface area (Å²) in [5.74, 6) is 2.75. The molecule has 0 aliphatic carbocycles. The fourth-order valence-corrected chi connectivity index (χ4v) is 3.29. The number of hydrogen-bond donors (Lipinski definition) is 0. The molecule has 6 heteroatoms. The van der Waals surface area contributed by atoms with E-state index in [0.29, 0.717) is 23.6 Å². The maximum atomic E-state index is 13.8. The number of halogens is 1. The van der Waals surface area contributed by atoms with Gasteiger partial charge in [-0.15, -0.1) is 0 Å². The average molecular weight is 338 g/mol. The van der Waals surface area contributed by atoms with E-state index in [9.17, 15) is 4.39 Å². The first-order valence-electron chi connectivity index (χ1n) is 8.45. The summed E-state index contributed by atoms with van der Waals surface area (Å²) in [7, 11) is 0. The largest absolute Gasteiger partial charge is 0.443 e. The van der Waals surface area contributed by atoms with Crippen LogP contribution in [-0.4, -0.2) is 21.5 Å². The monoisotopic (exact) mass is 338 g/mol. The Morgan fingerprint density at radius 3 is 2.96 bits per heavy atom. The fraction of sp³-hybridized carbons (Fsp3) is 0.316. The second-order valence-corrected chi connectivity index (χ2v) is 6.25. The topological polar surface area (TPSA) is 55.1 Å². The number of nitrogens with zero attached hydrogens (tertiary/aromatic N) is 4. The van der Waals surface area contributed by atoms with Crippen LogP contribution in [0.2, 0.25) is 0 Å². The first kappa shape index (κ1) is 15.7. The van der Waals surface area contributed by atoms with Crippen molar-refractivity contribution >= 4 is 5.82 Å². The number of aromatic nitrogens is 3. The van der Waals surface area contributed by atoms with Crippen LogP contribution in [0, 0.1) is 12.7 Å². The van der Waals surface area contributed by atoms with E-state index in [1.165, 1.54) is 6.07 Å². The number of anilines is 1. The number of hydrogen-bond acceptors (Lipinski definition) is 5. The van der Waals surface area contributed by atoms with E-state index in [0.717, 1.165) is 31.0 Å². The summed E-state index contributed by atoms with van der Waals surface area (Å²) < 4.78 is 19.8. The van der Waals surface area contributed by atoms with E-state index in [4.69, 9.17) is 4.42 Å². The molecule has 1 aliphatic heterocycles. The lowest BCUT2D eigenvalue weighted by Crippen LogP contribution is -2.24. The van der Waals surface area contributed by atoms with Gasteiger partial charge >= 0.3 is 0 Å². The lowest BCUT2D eigenvalue weighted by molar-refractivity contribution is 0.422. The van der Waals surface area contributed by atoms with Gasteiger partial charge in [0.25, 0.3) is 0 Å². The Kier molecular flexibility index (Phi) is 4.17. The quantitative estimate of drug-likeness (QED) is 0.723. The third-order valence-corrected chi connectivity index (χ3v) is 4.49. The summed E-state index contributed by atoms with van der Waals surface area (Å²) in [6.45, 7) is 2.79. The second-order valence-electron chi connectivity index (χ2n) is 6.25. The highest BCUT2D eigenvalue weighted by atomic mass is 19.1. The zero-order valence-corrected chi connectivity index (χ0v) is 14.0. The predicted molar refractivity (Wildman–Crippen MR) is 91.8 cm³/mol. The molecule has 0 radical (unpaired) electrons. The summed E-state index contributed by atoms with van der Waals surface area (Å²) in [5.41, 5.74) is 0.611. The molecule has 4 rings (SSSR count). The zero-order chi connectivity index (χ0) is 17.2. The Hall–Kier alpha value is -2.76. The van der Waals surface area contributed by atoms with Gasteiger partial charge in [0.1, 0.15) is 29.3 Å². The first-order valence-corrected chi connectivity index (χ1v) is 8.45. The molecule has 1 unspecified atom stereocenters. The molecule has 5 nitrogen and oxygen atoms in total. The van der Waals surface area contributed by atoms with Crippen LogP contribution in [-0.2, 0) is 6.42 Å². The van der Waals surface area contributed by atoms with Gasteiger partial charge in [-0.3, -0.25) is 0 Å². The van der Waals surface area contributed by atoms with Crippen LogP contribution in [0.1, 0.15) is 41.9 Å². The molecule has 1 fully saturated rings. The highest BCUT2D eigenvalue weighted by Gasteiger charge is 2.31. The molecule has 3 heterocycles. The molecule has 1 aromatic carbocycles. The first-order chi connectivity index (χ1) is 12.2. The van der Waals surface area contributed by atoms with Crippen LogP contribution in [0.3, 0.4) is 0 Å². The number of rotatable bonds is 4. The van der Waals surface area contributed by atoms with E-state index in [1.54, 1.807) is 24.5 Å². The smallest absolute Gasteiger partial charge is 0.217 e. The Bertz CT molecular complexity index is 879. The lowest BCUT2D eigenvalue weighted by atomic mass is 10.1. The third kappa shape index (κ3) is 3.24. The van der Waals surface area contributed by atoms with Gasteiger partial charge in [0, 0.05) is 19.2 Å². The molecular formula is C19H19FN4O. The van der Waals surface area contributed by atoms with Crippen molar-refractivity contribution < 1.29 is 8.81 Å². The Morgan fingerprint density at radius 2 is 2.12 bits per heavy atom. The SMILES string of the molecule is Cc1nccc(N2CCCC2c2ncc(Cc3ccccc3F)o2)n1. The van der Waals surface area contributed by atoms with E-state index in [-0.39, 0.29) is 11.9 Å². The molecule has 128 valence electrons. The van der Waals surface area contributed by atoms with E-state index >= 15 is 0 Å². The van der Waals surface area contributed by atoms with Crippen molar-refractivity contribution in [1.82, 2.24) is 15.0 Å². The van der Waals surface area contributed by atoms with Gasteiger partial charge in [-0.05, 0) is 37.5 Å². The van der Waals surface area contributed by atoms with Crippen molar-refractivity contribution in [3.63, 3.8) is 0 Å². The molecule has 1 aliphatic rings. The molecule has 0 N–H and O–H groups in total. The molecule has 0 amide bonds. The minimum atomic E-state index is -0.223. The summed E-state index contributed by atoms with van der Waals surface area (Å²) >= 11 is 0. The van der Waals surface area contributed by atoms with Crippen LogP contribution in [0.5, 0.6) is 0 Å². The van der Waals surface area contributed by atoms with E-state index in [2.05, 4.69) is 19.9 Å². The Labute approximate surface area is 145 Å². The fourth-order valence-electron chi connectivity index (χ4n) is 3.29. The van der Waals surface area contributed by atoms with E-state index < -0.39 is 0 Å². The third-order valence-electron chi connectivity index (χ3n) is 4.49. The van der Waals surface area contributed by atoms with Gasteiger partial charge in [-0.25, -0.2) is 19.3 Å². The molecule has 25 heavy (non-hydrogen) atoms. The van der Waals surface area contributed by atoms with Crippen molar-refractivity contribution in [3.8, 4) is 0 Å². The van der Waals surface area contributed by atoms with Gasteiger partial charge in [-0.2, -0.15) is 0 Å². The molecule has 0 bridgehead atoms. The van der Waals surface area contributed by atoms with Crippen molar-refractivity contribution in [2.75, 3.05) is 11.4 Å². The van der Waals surface area contributed by atoms with Gasteiger partial charge in [-0.1, -0.05) is 18.2 Å². The van der Waals surface area contributed by atoms with Crippen LogP contribution >= 0.6 is 0 Å². The minimum Gasteiger partial charge on any atom is -0.443 e. The Morgan fingerprint density at radius 1 is 1.24 bits per heavy atom. The summed E-state index contributed by atoms with van der Waals surface area (Å²) in [5, 5.41) is 0. The molecular weight excluding hydrogens is 319 g/mol. The molecule has 2 aromatic heterocycles. The highest BCUT2D eigenvalue weighted by Crippen LogP contribution is 2.35. The number of aryl methyl sites for hydroxylation is 1. The van der Waals surface area contributed by atoms with Gasteiger partial charge in [0.2, 0.25) is 5.89 Å². The summed E-state index contributed by atoms with van der Waals surface area (Å²) in [6, 6.07) is 8.71. The Balaban J connectivity index is 1.56. The van der Waals surface area contributed by atoms with Crippen LogP contribution in [0.4, 0.5) is 10.2 Å². The molecule has 1 saturated heterocycles. The maximum absolute atomic E-state index is 13.8. The van der Waals surface area contributed by atoms with Crippen molar-refractivity contribution in [3.05, 3.63) is 71.6 Å². The number of oxazole rings is 1. The van der Waals surface area contributed by atoms with Crippen LogP contribution < -0.4 is 4.90 Å². The van der Waals surface area contributed by atoms with Crippen molar-refractivity contribution in [1.29, 1.82) is 0 Å². The lowest BCUT2D eigenvalue weighted by Gasteiger charge is -2.23. The minimum absolute atomic E-state index is 0.0590. The summed E-state index contributed by atoms with van der Waals surface area (Å²) in [4.78, 5) is 15.3. The second kappa shape index (κ2) is 6.63. The highest BCUT2D eigenvalue weighted by molar-refractivity contribution is 5.41. The van der Waals surface area contributed by atoms with Gasteiger partial charge < -0.3 is 9.32 Å². The van der Waals surface area contributed by atoms with E-state index in [1.807, 2.05) is 19.1 Å². The van der Waals surface area contributed by atoms with Crippen molar-refractivity contribution in [2.24, 2.45) is 0 Å². The molecule has 0 spiro atoms. The summed E-state index contributed by atoms with van der Waals surface area (Å²) in [6.07, 6.45) is 5.89. The number of benzene rings is 1. The standard InChI is InChI=1S/C19H19FN4O/c1-13-21-9-8-18(23-13)24-10-4-7-17(24)19-22-12-15(25-19)11-14-5-2-3-6-16(14)20/h2-3,5-6,8-9,12,17H,4,7,10-11H2,1H3. The zero-order valence-electron chi connectivity index (χ0n) is 14.0. The molecule has 0 saturated carbocycles. The van der Waals surface area contributed by atoms with Crippen LogP contribution in [0.15, 0.2) is 47.1 Å². The predicted octanol–water partition coefficient (Wildman–Crippen LogP) is 3.84.